The first-order chi connectivity index (χ1) is 15.8. The van der Waals surface area contributed by atoms with Crippen LogP contribution >= 0.6 is 0 Å². The molecule has 11 heteroatoms. The first-order valence-corrected chi connectivity index (χ1v) is 10.5. The molecule has 0 saturated carbocycles. The molecule has 3 N–H and O–H groups in total. The quantitative estimate of drug-likeness (QED) is 0.476. The van der Waals surface area contributed by atoms with Crippen LogP contribution in [0.4, 0.5) is 4.39 Å². The van der Waals surface area contributed by atoms with Crippen LogP contribution in [0.25, 0.3) is 0 Å². The summed E-state index contributed by atoms with van der Waals surface area (Å²) < 4.78 is 21.2. The number of aromatic nitrogens is 2. The minimum atomic E-state index is -0.915. The Balaban J connectivity index is 1.60. The van der Waals surface area contributed by atoms with Crippen LogP contribution in [0.5, 0.6) is 0 Å². The van der Waals surface area contributed by atoms with E-state index in [4.69, 9.17) is 10.00 Å². The van der Waals surface area contributed by atoms with Gasteiger partial charge < -0.3 is 20.3 Å². The van der Waals surface area contributed by atoms with Crippen molar-refractivity contribution in [1.29, 1.82) is 5.26 Å². The fourth-order valence-corrected chi connectivity index (χ4v) is 3.66. The van der Waals surface area contributed by atoms with E-state index < -0.39 is 41.4 Å². The van der Waals surface area contributed by atoms with Crippen molar-refractivity contribution in [3.05, 3.63) is 67.7 Å². The highest BCUT2D eigenvalue weighted by Gasteiger charge is 2.35. The number of nitrogens with one attached hydrogen (secondary N) is 1. The van der Waals surface area contributed by atoms with Crippen molar-refractivity contribution in [2.75, 3.05) is 13.2 Å². The predicted molar refractivity (Wildman–Crippen MR) is 114 cm³/mol. The van der Waals surface area contributed by atoms with E-state index >= 15 is 0 Å². The molecule has 2 aromatic rings. The topological polar surface area (TPSA) is 147 Å². The zero-order valence-electron chi connectivity index (χ0n) is 18.0. The van der Waals surface area contributed by atoms with Crippen molar-refractivity contribution in [3.8, 4) is 6.07 Å². The van der Waals surface area contributed by atoms with Crippen molar-refractivity contribution in [2.24, 2.45) is 0 Å². The zero-order chi connectivity index (χ0) is 24.1. The Morgan fingerprint density at radius 1 is 1.36 bits per heavy atom. The molecule has 176 valence electrons. The number of hydrogen-bond acceptors (Lipinski definition) is 7. The number of hydrogen-bond donors (Lipinski definition) is 3. The first kappa shape index (κ1) is 24.3. The molecule has 0 bridgehead atoms. The van der Waals surface area contributed by atoms with Gasteiger partial charge in [-0.2, -0.15) is 5.26 Å². The molecule has 2 heterocycles. The molecule has 3 atom stereocenters. The molecule has 1 fully saturated rings. The Kier molecular flexibility index (Phi) is 7.75. The Morgan fingerprint density at radius 2 is 2.12 bits per heavy atom. The number of benzene rings is 1. The predicted octanol–water partition coefficient (Wildman–Crippen LogP) is 0.180. The number of ether oxygens (including phenoxy) is 1. The number of aliphatic hydroxyl groups is 2. The SMILES string of the molecule is Cc1cn([C@H]2C[C@H](O)[C@@H](CO)O2)c(=O)n(CCCCNC(=O)c2ccc([19F])c(C#N)c2)c1=O. The van der Waals surface area contributed by atoms with Crippen molar-refractivity contribution in [2.45, 2.75) is 51.2 Å². The molecule has 10 nitrogen and oxygen atoms in total. The molecule has 1 saturated heterocycles. The second-order valence-corrected chi connectivity index (χ2v) is 7.84. The van der Waals surface area contributed by atoms with E-state index in [-0.39, 0.29) is 37.2 Å². The molecular weight excluding hydrogens is 435 g/mol. The number of nitrogens with zero attached hydrogens (tertiary/aromatic N) is 3. The Labute approximate surface area is 188 Å². The fraction of sp³-hybridized carbons (Fsp3) is 0.455. The van der Waals surface area contributed by atoms with E-state index in [2.05, 4.69) is 5.32 Å². The van der Waals surface area contributed by atoms with Crippen LogP contribution in [0, 0.1) is 24.1 Å². The van der Waals surface area contributed by atoms with E-state index in [1.807, 2.05) is 0 Å². The van der Waals surface area contributed by atoms with Gasteiger partial charge in [-0.1, -0.05) is 0 Å². The van der Waals surface area contributed by atoms with Crippen LogP contribution in [-0.2, 0) is 11.3 Å². The maximum Gasteiger partial charge on any atom is 0.333 e. The van der Waals surface area contributed by atoms with Crippen LogP contribution in [0.1, 0.15) is 47.0 Å². The number of rotatable bonds is 8. The average Bonchev–Trinajstić information content (AvgIpc) is 3.18. The summed E-state index contributed by atoms with van der Waals surface area (Å²) in [6.07, 6.45) is -0.119. The second-order valence-electron chi connectivity index (χ2n) is 7.84. The molecule has 0 spiro atoms. The summed E-state index contributed by atoms with van der Waals surface area (Å²) in [5.41, 5.74) is -0.751. The Morgan fingerprint density at radius 3 is 2.79 bits per heavy atom. The van der Waals surface area contributed by atoms with Crippen LogP contribution in [-0.4, -0.2) is 50.6 Å². The largest absolute Gasteiger partial charge is 0.394 e. The molecule has 33 heavy (non-hydrogen) atoms. The van der Waals surface area contributed by atoms with Gasteiger partial charge in [0.2, 0.25) is 0 Å². The van der Waals surface area contributed by atoms with Gasteiger partial charge in [-0.25, -0.2) is 9.18 Å². The monoisotopic (exact) mass is 460 g/mol. The van der Waals surface area contributed by atoms with Gasteiger partial charge in [-0.15, -0.1) is 0 Å². The van der Waals surface area contributed by atoms with Crippen molar-refractivity contribution in [1.82, 2.24) is 14.5 Å². The number of amides is 1. The minimum absolute atomic E-state index is 0.114. The molecular formula is C22H25FN4O6. The van der Waals surface area contributed by atoms with Gasteiger partial charge in [0.15, 0.2) is 0 Å². The highest BCUT2D eigenvalue weighted by molar-refractivity contribution is 5.94. The number of carbonyl (C=O) groups excluding carboxylic acids is 1. The smallest absolute Gasteiger partial charge is 0.333 e. The second kappa shape index (κ2) is 10.5. The lowest BCUT2D eigenvalue weighted by Crippen LogP contribution is -2.42. The summed E-state index contributed by atoms with van der Waals surface area (Å²) in [7, 11) is 0. The summed E-state index contributed by atoms with van der Waals surface area (Å²) in [6, 6.07) is 5.18. The number of unbranched alkanes of at least 4 members (excludes halogenated alkanes) is 1. The zero-order valence-corrected chi connectivity index (χ0v) is 18.0. The molecule has 0 aliphatic carbocycles. The number of aryl methyl sites for hydroxylation is 1. The molecule has 3 rings (SSSR count). The lowest BCUT2D eigenvalue weighted by molar-refractivity contribution is -0.0464. The van der Waals surface area contributed by atoms with Gasteiger partial charge in [0, 0.05) is 36.8 Å². The lowest BCUT2D eigenvalue weighted by atomic mass is 10.1. The third-order valence-electron chi connectivity index (χ3n) is 5.50. The standard InChI is InChI=1S/C22H25FN4O6/c1-13-11-27(19-9-17(29)18(12-28)33-19)22(32)26(21(13)31)7-3-2-6-25-20(30)14-4-5-16(23)15(8-14)10-24/h4-5,8,11,17-19,28-29H,2-3,6-7,9,12H2,1H3,(H,25,30)/t17-,18+,19+/m0/s1/i23+0. The van der Waals surface area contributed by atoms with E-state index in [9.17, 15) is 29.0 Å². The molecule has 1 amide bonds. The van der Waals surface area contributed by atoms with Gasteiger partial charge >= 0.3 is 5.69 Å². The maximum atomic E-state index is 13.4. The highest BCUT2D eigenvalue weighted by Crippen LogP contribution is 2.27. The summed E-state index contributed by atoms with van der Waals surface area (Å²) >= 11 is 0. The fourth-order valence-electron chi connectivity index (χ4n) is 3.66. The van der Waals surface area contributed by atoms with Gasteiger partial charge in [-0.3, -0.25) is 18.7 Å². The number of carbonyl (C=O) groups is 1. The van der Waals surface area contributed by atoms with E-state index in [1.54, 1.807) is 13.0 Å². The summed E-state index contributed by atoms with van der Waals surface area (Å²) in [4.78, 5) is 37.5. The number of aliphatic hydroxyl groups excluding tert-OH is 2. The molecule has 0 unspecified atom stereocenters. The first-order valence-electron chi connectivity index (χ1n) is 10.5. The van der Waals surface area contributed by atoms with E-state index in [0.29, 0.717) is 18.4 Å². The number of halogens is 1. The lowest BCUT2D eigenvalue weighted by Gasteiger charge is -2.17. The van der Waals surface area contributed by atoms with Gasteiger partial charge in [0.05, 0.1) is 18.3 Å². The van der Waals surface area contributed by atoms with Crippen molar-refractivity contribution >= 4 is 5.91 Å². The molecule has 1 aliphatic rings. The third-order valence-corrected chi connectivity index (χ3v) is 5.50. The summed E-state index contributed by atoms with van der Waals surface area (Å²) in [5.74, 6) is -1.16. The summed E-state index contributed by atoms with van der Waals surface area (Å²) in [5, 5.41) is 30.7. The van der Waals surface area contributed by atoms with Gasteiger partial charge in [0.1, 0.15) is 24.2 Å². The number of nitriles is 1. The van der Waals surface area contributed by atoms with Crippen molar-refractivity contribution in [3.63, 3.8) is 0 Å². The van der Waals surface area contributed by atoms with E-state index in [1.165, 1.54) is 22.9 Å². The van der Waals surface area contributed by atoms with Crippen LogP contribution < -0.4 is 16.6 Å². The van der Waals surface area contributed by atoms with Crippen molar-refractivity contribution < 1.29 is 24.1 Å². The maximum absolute atomic E-state index is 13.4. The van der Waals surface area contributed by atoms with Gasteiger partial charge in [-0.05, 0) is 38.0 Å². The minimum Gasteiger partial charge on any atom is -0.394 e. The van der Waals surface area contributed by atoms with Gasteiger partial charge in [0.25, 0.3) is 11.5 Å². The van der Waals surface area contributed by atoms with Crippen LogP contribution in [0.15, 0.2) is 34.0 Å². The molecule has 1 aromatic heterocycles. The third kappa shape index (κ3) is 5.36. The molecule has 1 aliphatic heterocycles. The Hall–Kier alpha value is -3.33. The average molecular weight is 460 g/mol. The molecule has 0 radical (unpaired) electrons. The summed E-state index contributed by atoms with van der Waals surface area (Å²) in [6.45, 7) is 1.56. The van der Waals surface area contributed by atoms with E-state index in [0.717, 1.165) is 10.6 Å². The highest BCUT2D eigenvalue weighted by atomic mass is 19.1. The Bertz CT molecular complexity index is 1180. The normalized spacial score (nSPS) is 19.9. The van der Waals surface area contributed by atoms with Crippen LogP contribution in [0.3, 0.4) is 0 Å². The molecule has 1 aromatic carbocycles. The van der Waals surface area contributed by atoms with Crippen LogP contribution in [0.2, 0.25) is 0 Å².